The van der Waals surface area contributed by atoms with Gasteiger partial charge in [0, 0.05) is 6.54 Å². The van der Waals surface area contributed by atoms with E-state index in [1.165, 1.54) is 5.56 Å². The van der Waals surface area contributed by atoms with Crippen molar-refractivity contribution >= 4 is 5.91 Å². The smallest absolute Gasteiger partial charge is 0.237 e. The van der Waals surface area contributed by atoms with Crippen LogP contribution >= 0.6 is 0 Å². The second-order valence-corrected chi connectivity index (χ2v) is 4.37. The fourth-order valence-corrected chi connectivity index (χ4v) is 1.76. The summed E-state index contributed by atoms with van der Waals surface area (Å²) in [6.07, 6.45) is 2.77. The van der Waals surface area contributed by atoms with E-state index < -0.39 is 5.92 Å². The molecule has 1 rings (SSSR count). The molecule has 1 amide bonds. The van der Waals surface area contributed by atoms with E-state index in [9.17, 15) is 4.79 Å². The maximum Gasteiger partial charge on any atom is 0.237 e. The van der Waals surface area contributed by atoms with E-state index in [1.807, 2.05) is 25.1 Å². The number of amides is 1. The zero-order chi connectivity index (χ0) is 13.4. The Labute approximate surface area is 109 Å². The normalized spacial score (nSPS) is 11.6. The molecule has 0 spiro atoms. The average molecular weight is 244 g/mol. The first-order chi connectivity index (χ1) is 8.71. The summed E-state index contributed by atoms with van der Waals surface area (Å²) in [5.74, 6) is -0.720. The van der Waals surface area contributed by atoms with Gasteiger partial charge in [0.1, 0.15) is 5.92 Å². The van der Waals surface area contributed by atoms with Crippen molar-refractivity contribution in [2.24, 2.45) is 5.92 Å². The van der Waals surface area contributed by atoms with E-state index >= 15 is 0 Å². The van der Waals surface area contributed by atoms with Crippen LogP contribution in [0.4, 0.5) is 0 Å². The van der Waals surface area contributed by atoms with E-state index in [1.54, 1.807) is 0 Å². The predicted molar refractivity (Wildman–Crippen MR) is 71.7 cm³/mol. The first-order valence-electron chi connectivity index (χ1n) is 6.46. The number of hydrogen-bond acceptors (Lipinski definition) is 2. The molecule has 0 heterocycles. The molecule has 1 atom stereocenters. The van der Waals surface area contributed by atoms with Gasteiger partial charge in [-0.15, -0.1) is 0 Å². The van der Waals surface area contributed by atoms with Gasteiger partial charge >= 0.3 is 0 Å². The Bertz CT molecular complexity index is 417. The van der Waals surface area contributed by atoms with Crippen LogP contribution in [-0.4, -0.2) is 5.91 Å². The quantitative estimate of drug-likeness (QED) is 0.836. The third-order valence-corrected chi connectivity index (χ3v) is 2.91. The largest absolute Gasteiger partial charge is 0.351 e. The Morgan fingerprint density at radius 2 is 1.89 bits per heavy atom. The van der Waals surface area contributed by atoms with Crippen LogP contribution in [0.15, 0.2) is 24.3 Å². The van der Waals surface area contributed by atoms with Gasteiger partial charge in [0.25, 0.3) is 0 Å². The molecule has 96 valence electrons. The number of nitriles is 1. The lowest BCUT2D eigenvalue weighted by atomic mass is 10.1. The van der Waals surface area contributed by atoms with Crippen LogP contribution in [0.5, 0.6) is 0 Å². The number of rotatable bonds is 6. The molecule has 0 aliphatic rings. The monoisotopic (exact) mass is 244 g/mol. The van der Waals surface area contributed by atoms with Gasteiger partial charge < -0.3 is 5.32 Å². The number of nitrogens with zero attached hydrogens (tertiary/aromatic N) is 1. The van der Waals surface area contributed by atoms with Crippen molar-refractivity contribution in [1.82, 2.24) is 5.32 Å². The fraction of sp³-hybridized carbons (Fsp3) is 0.467. The van der Waals surface area contributed by atoms with Gasteiger partial charge in [-0.2, -0.15) is 5.26 Å². The molecule has 0 fully saturated rings. The van der Waals surface area contributed by atoms with Gasteiger partial charge in [0.2, 0.25) is 5.91 Å². The second-order valence-electron chi connectivity index (χ2n) is 4.37. The highest BCUT2D eigenvalue weighted by atomic mass is 16.1. The van der Waals surface area contributed by atoms with Crippen molar-refractivity contribution in [2.75, 3.05) is 0 Å². The van der Waals surface area contributed by atoms with Gasteiger partial charge in [-0.1, -0.05) is 44.5 Å². The van der Waals surface area contributed by atoms with Crippen LogP contribution < -0.4 is 5.32 Å². The van der Waals surface area contributed by atoms with E-state index in [0.29, 0.717) is 13.0 Å². The van der Waals surface area contributed by atoms with Crippen LogP contribution in [0.3, 0.4) is 0 Å². The summed E-state index contributed by atoms with van der Waals surface area (Å²) >= 11 is 0. The lowest BCUT2D eigenvalue weighted by Gasteiger charge is -2.08. The SMILES string of the molecule is CCCc1ccc(CNC(=O)C(C#N)CC)cc1. The van der Waals surface area contributed by atoms with Crippen molar-refractivity contribution < 1.29 is 4.79 Å². The van der Waals surface area contributed by atoms with Crippen molar-refractivity contribution in [3.63, 3.8) is 0 Å². The lowest BCUT2D eigenvalue weighted by molar-refractivity contribution is -0.123. The van der Waals surface area contributed by atoms with Gasteiger partial charge in [0.05, 0.1) is 6.07 Å². The number of carbonyl (C=O) groups is 1. The molecule has 1 N–H and O–H groups in total. The summed E-state index contributed by atoms with van der Waals surface area (Å²) in [6, 6.07) is 10.2. The summed E-state index contributed by atoms with van der Waals surface area (Å²) < 4.78 is 0. The number of hydrogen-bond donors (Lipinski definition) is 1. The molecular formula is C15H20N2O. The highest BCUT2D eigenvalue weighted by Gasteiger charge is 2.14. The standard InChI is InChI=1S/C15H20N2O/c1-3-5-12-6-8-13(9-7-12)11-17-15(18)14(4-2)10-16/h6-9,14H,3-5,11H2,1-2H3,(H,17,18). The summed E-state index contributed by atoms with van der Waals surface area (Å²) in [5.41, 5.74) is 2.38. The number of carbonyl (C=O) groups excluding carboxylic acids is 1. The minimum atomic E-state index is -0.538. The fourth-order valence-electron chi connectivity index (χ4n) is 1.76. The summed E-state index contributed by atoms with van der Waals surface area (Å²) in [5, 5.41) is 11.6. The zero-order valence-electron chi connectivity index (χ0n) is 11.1. The Morgan fingerprint density at radius 3 is 2.39 bits per heavy atom. The highest BCUT2D eigenvalue weighted by molar-refractivity contribution is 5.80. The molecule has 0 aromatic heterocycles. The molecule has 3 heteroatoms. The van der Waals surface area contributed by atoms with Gasteiger partial charge in [-0.25, -0.2) is 0 Å². The van der Waals surface area contributed by atoms with Crippen molar-refractivity contribution in [3.8, 4) is 6.07 Å². The van der Waals surface area contributed by atoms with E-state index in [4.69, 9.17) is 5.26 Å². The summed E-state index contributed by atoms with van der Waals surface area (Å²) in [7, 11) is 0. The lowest BCUT2D eigenvalue weighted by Crippen LogP contribution is -2.29. The number of nitrogens with one attached hydrogen (secondary N) is 1. The molecular weight excluding hydrogens is 224 g/mol. The zero-order valence-corrected chi connectivity index (χ0v) is 11.1. The molecule has 0 aliphatic heterocycles. The Kier molecular flexibility index (Phi) is 5.93. The number of benzene rings is 1. The molecule has 1 aromatic carbocycles. The number of aryl methyl sites for hydroxylation is 1. The average Bonchev–Trinajstić information content (AvgIpc) is 2.40. The minimum absolute atomic E-state index is 0.183. The maximum absolute atomic E-state index is 11.6. The van der Waals surface area contributed by atoms with Gasteiger partial charge in [-0.3, -0.25) is 4.79 Å². The predicted octanol–water partition coefficient (Wildman–Crippen LogP) is 2.81. The molecule has 1 unspecified atom stereocenters. The molecule has 0 radical (unpaired) electrons. The molecule has 0 bridgehead atoms. The van der Waals surface area contributed by atoms with Crippen molar-refractivity contribution in [3.05, 3.63) is 35.4 Å². The third kappa shape index (κ3) is 4.21. The van der Waals surface area contributed by atoms with Crippen molar-refractivity contribution in [2.45, 2.75) is 39.7 Å². The first kappa shape index (κ1) is 14.2. The highest BCUT2D eigenvalue weighted by Crippen LogP contribution is 2.07. The third-order valence-electron chi connectivity index (χ3n) is 2.91. The van der Waals surface area contributed by atoms with E-state index in [0.717, 1.165) is 18.4 Å². The Hall–Kier alpha value is -1.82. The van der Waals surface area contributed by atoms with Crippen LogP contribution in [0.2, 0.25) is 0 Å². The summed E-state index contributed by atoms with van der Waals surface area (Å²) in [4.78, 5) is 11.6. The van der Waals surface area contributed by atoms with Gasteiger partial charge in [0.15, 0.2) is 0 Å². The molecule has 3 nitrogen and oxygen atoms in total. The molecule has 18 heavy (non-hydrogen) atoms. The second kappa shape index (κ2) is 7.50. The molecule has 0 saturated carbocycles. The minimum Gasteiger partial charge on any atom is -0.351 e. The Balaban J connectivity index is 2.49. The van der Waals surface area contributed by atoms with Crippen LogP contribution in [0.1, 0.15) is 37.8 Å². The molecule has 1 aromatic rings. The van der Waals surface area contributed by atoms with Crippen LogP contribution in [0.25, 0.3) is 0 Å². The van der Waals surface area contributed by atoms with E-state index in [2.05, 4.69) is 24.4 Å². The Morgan fingerprint density at radius 1 is 1.28 bits per heavy atom. The molecule has 0 saturated heterocycles. The first-order valence-corrected chi connectivity index (χ1v) is 6.46. The van der Waals surface area contributed by atoms with Crippen LogP contribution in [0, 0.1) is 17.2 Å². The van der Waals surface area contributed by atoms with E-state index in [-0.39, 0.29) is 5.91 Å². The molecule has 0 aliphatic carbocycles. The maximum atomic E-state index is 11.6. The van der Waals surface area contributed by atoms with Gasteiger partial charge in [-0.05, 0) is 24.0 Å². The summed E-state index contributed by atoms with van der Waals surface area (Å²) in [6.45, 7) is 4.48. The van der Waals surface area contributed by atoms with Crippen LogP contribution in [-0.2, 0) is 17.8 Å². The topological polar surface area (TPSA) is 52.9 Å². The van der Waals surface area contributed by atoms with Crippen molar-refractivity contribution in [1.29, 1.82) is 5.26 Å².